The first-order valence-corrected chi connectivity index (χ1v) is 12.6. The van der Waals surface area contributed by atoms with Gasteiger partial charge in [-0.2, -0.15) is 0 Å². The highest BCUT2D eigenvalue weighted by atomic mass is 16.4. The third kappa shape index (κ3) is 21.3. The van der Waals surface area contributed by atoms with Crippen molar-refractivity contribution in [2.75, 3.05) is 0 Å². The molecule has 0 aliphatic heterocycles. The summed E-state index contributed by atoms with van der Waals surface area (Å²) in [5, 5.41) is 20.1. The molecule has 0 aliphatic carbocycles. The number of rotatable bonds is 24. The van der Waals surface area contributed by atoms with Crippen molar-refractivity contribution in [3.63, 3.8) is 0 Å². The van der Waals surface area contributed by atoms with Gasteiger partial charge in [-0.25, -0.2) is 4.79 Å². The number of unbranched alkanes of at least 4 members (excludes halogenated alkanes) is 15. The maximum absolute atomic E-state index is 11.8. The van der Waals surface area contributed by atoms with Crippen molar-refractivity contribution >= 4 is 24.1 Å². The number of aldehydes is 1. The van der Waals surface area contributed by atoms with Crippen LogP contribution in [0.1, 0.15) is 128 Å². The Morgan fingerprint density at radius 2 is 1.00 bits per heavy atom. The van der Waals surface area contributed by atoms with E-state index in [1.807, 2.05) is 0 Å². The fraction of sp³-hybridized carbons (Fsp3) is 0.840. The number of carboxylic acid groups (broad SMARTS) is 2. The SMILES string of the molecule is O=CCC[C@H](NC(=O)CCCCCCCCCCCCCCCCCCC(=O)O)C(=O)O. The van der Waals surface area contributed by atoms with Gasteiger partial charge in [-0.3, -0.25) is 9.59 Å². The summed E-state index contributed by atoms with van der Waals surface area (Å²) in [5.41, 5.74) is 0. The van der Waals surface area contributed by atoms with Crippen LogP contribution in [0.15, 0.2) is 0 Å². The zero-order chi connectivity index (χ0) is 23.9. The van der Waals surface area contributed by atoms with Crippen LogP contribution in [0.3, 0.4) is 0 Å². The summed E-state index contributed by atoms with van der Waals surface area (Å²) < 4.78 is 0. The van der Waals surface area contributed by atoms with Gasteiger partial charge >= 0.3 is 11.9 Å². The lowest BCUT2D eigenvalue weighted by Crippen LogP contribution is -2.40. The van der Waals surface area contributed by atoms with E-state index >= 15 is 0 Å². The molecule has 0 bridgehead atoms. The van der Waals surface area contributed by atoms with Gasteiger partial charge in [0, 0.05) is 19.3 Å². The van der Waals surface area contributed by atoms with E-state index < -0.39 is 18.0 Å². The molecule has 3 N–H and O–H groups in total. The molecule has 0 aromatic heterocycles. The summed E-state index contributed by atoms with van der Waals surface area (Å²) in [5.74, 6) is -2.03. The van der Waals surface area contributed by atoms with E-state index in [1.54, 1.807) is 0 Å². The van der Waals surface area contributed by atoms with Crippen molar-refractivity contribution in [3.05, 3.63) is 0 Å². The lowest BCUT2D eigenvalue weighted by Gasteiger charge is -2.13. The third-order valence-electron chi connectivity index (χ3n) is 5.75. The Labute approximate surface area is 193 Å². The van der Waals surface area contributed by atoms with E-state index in [-0.39, 0.29) is 18.7 Å². The molecule has 0 saturated heterocycles. The Hall–Kier alpha value is -1.92. The number of aliphatic carboxylic acids is 2. The molecular formula is C25H45NO6. The van der Waals surface area contributed by atoms with E-state index in [0.29, 0.717) is 19.1 Å². The molecule has 32 heavy (non-hydrogen) atoms. The van der Waals surface area contributed by atoms with Gasteiger partial charge in [0.2, 0.25) is 5.91 Å². The zero-order valence-electron chi connectivity index (χ0n) is 19.8. The molecule has 0 rings (SSSR count). The molecule has 186 valence electrons. The van der Waals surface area contributed by atoms with Gasteiger partial charge in [-0.1, -0.05) is 89.9 Å². The number of nitrogens with one attached hydrogen (secondary N) is 1. The Bertz CT molecular complexity index is 509. The first kappa shape index (κ1) is 30.1. The number of carbonyl (C=O) groups excluding carboxylic acids is 2. The first-order valence-electron chi connectivity index (χ1n) is 12.6. The van der Waals surface area contributed by atoms with Crippen LogP contribution >= 0.6 is 0 Å². The van der Waals surface area contributed by atoms with Crippen molar-refractivity contribution in [1.82, 2.24) is 5.32 Å². The smallest absolute Gasteiger partial charge is 0.326 e. The molecule has 7 nitrogen and oxygen atoms in total. The molecule has 1 amide bonds. The van der Waals surface area contributed by atoms with Crippen molar-refractivity contribution in [2.45, 2.75) is 134 Å². The van der Waals surface area contributed by atoms with Gasteiger partial charge < -0.3 is 20.3 Å². The minimum atomic E-state index is -1.09. The molecule has 0 saturated carbocycles. The van der Waals surface area contributed by atoms with Crippen LogP contribution in [0.4, 0.5) is 0 Å². The molecule has 0 spiro atoms. The highest BCUT2D eigenvalue weighted by molar-refractivity contribution is 5.83. The molecule has 0 unspecified atom stereocenters. The summed E-state index contributed by atoms with van der Waals surface area (Å²) in [6.45, 7) is 0. The fourth-order valence-electron chi connectivity index (χ4n) is 3.80. The van der Waals surface area contributed by atoms with Gasteiger partial charge in [0.05, 0.1) is 0 Å². The second-order valence-electron chi connectivity index (χ2n) is 8.75. The Balaban J connectivity index is 3.34. The molecule has 0 radical (unpaired) electrons. The number of carbonyl (C=O) groups is 4. The Morgan fingerprint density at radius 1 is 0.625 bits per heavy atom. The molecule has 1 atom stereocenters. The van der Waals surface area contributed by atoms with E-state index in [2.05, 4.69) is 5.32 Å². The van der Waals surface area contributed by atoms with Crippen LogP contribution in [0.2, 0.25) is 0 Å². The third-order valence-corrected chi connectivity index (χ3v) is 5.75. The topological polar surface area (TPSA) is 121 Å². The average Bonchev–Trinajstić information content (AvgIpc) is 2.75. The summed E-state index contributed by atoms with van der Waals surface area (Å²) >= 11 is 0. The van der Waals surface area contributed by atoms with Gasteiger partial charge in [0.25, 0.3) is 0 Å². The monoisotopic (exact) mass is 455 g/mol. The molecule has 0 heterocycles. The molecule has 0 aliphatic rings. The predicted octanol–water partition coefficient (Wildman–Crippen LogP) is 5.64. The predicted molar refractivity (Wildman–Crippen MR) is 126 cm³/mol. The maximum Gasteiger partial charge on any atom is 0.326 e. The lowest BCUT2D eigenvalue weighted by atomic mass is 10.0. The average molecular weight is 456 g/mol. The van der Waals surface area contributed by atoms with Gasteiger partial charge in [-0.15, -0.1) is 0 Å². The highest BCUT2D eigenvalue weighted by Gasteiger charge is 2.18. The normalized spacial score (nSPS) is 11.8. The fourth-order valence-corrected chi connectivity index (χ4v) is 3.80. The van der Waals surface area contributed by atoms with Gasteiger partial charge in [0.1, 0.15) is 12.3 Å². The second-order valence-corrected chi connectivity index (χ2v) is 8.75. The van der Waals surface area contributed by atoms with Gasteiger partial charge in [-0.05, 0) is 19.3 Å². The minimum Gasteiger partial charge on any atom is -0.481 e. The summed E-state index contributed by atoms with van der Waals surface area (Å²) in [4.78, 5) is 43.6. The summed E-state index contributed by atoms with van der Waals surface area (Å²) in [7, 11) is 0. The molecular weight excluding hydrogens is 410 g/mol. The van der Waals surface area contributed by atoms with Gasteiger partial charge in [0.15, 0.2) is 0 Å². The van der Waals surface area contributed by atoms with Crippen LogP contribution in [-0.4, -0.2) is 40.4 Å². The van der Waals surface area contributed by atoms with Crippen LogP contribution in [0.5, 0.6) is 0 Å². The second kappa shape index (κ2) is 22.3. The Morgan fingerprint density at radius 3 is 1.34 bits per heavy atom. The number of amides is 1. The van der Waals surface area contributed by atoms with E-state index in [4.69, 9.17) is 10.2 Å². The number of carboxylic acids is 2. The van der Waals surface area contributed by atoms with Crippen LogP contribution < -0.4 is 5.32 Å². The van der Waals surface area contributed by atoms with Crippen LogP contribution in [0.25, 0.3) is 0 Å². The maximum atomic E-state index is 11.8. The summed E-state index contributed by atoms with van der Waals surface area (Å²) in [6.07, 6.45) is 20.1. The van der Waals surface area contributed by atoms with Crippen molar-refractivity contribution in [3.8, 4) is 0 Å². The molecule has 7 heteroatoms. The lowest BCUT2D eigenvalue weighted by molar-refractivity contribution is -0.142. The molecule has 0 aromatic rings. The first-order chi connectivity index (χ1) is 15.5. The highest BCUT2D eigenvalue weighted by Crippen LogP contribution is 2.14. The number of hydrogen-bond acceptors (Lipinski definition) is 4. The van der Waals surface area contributed by atoms with E-state index in [1.165, 1.54) is 64.2 Å². The van der Waals surface area contributed by atoms with E-state index in [9.17, 15) is 19.2 Å². The van der Waals surface area contributed by atoms with E-state index in [0.717, 1.165) is 38.5 Å². The van der Waals surface area contributed by atoms with Crippen molar-refractivity contribution in [1.29, 1.82) is 0 Å². The summed E-state index contributed by atoms with van der Waals surface area (Å²) in [6, 6.07) is -0.969. The van der Waals surface area contributed by atoms with Crippen molar-refractivity contribution < 1.29 is 29.4 Å². The molecule has 0 fully saturated rings. The molecule has 0 aromatic carbocycles. The van der Waals surface area contributed by atoms with Crippen LogP contribution in [-0.2, 0) is 19.2 Å². The largest absolute Gasteiger partial charge is 0.481 e. The Kier molecular flexibility index (Phi) is 20.9. The van der Waals surface area contributed by atoms with Crippen molar-refractivity contribution in [2.24, 2.45) is 0 Å². The number of hydrogen-bond donors (Lipinski definition) is 3. The minimum absolute atomic E-state index is 0.134. The van der Waals surface area contributed by atoms with Crippen LogP contribution in [0, 0.1) is 0 Å². The quantitative estimate of drug-likeness (QED) is 0.128. The standard InChI is InChI=1S/C25H45NO6/c27-21-17-18-22(25(31)32)26-23(28)19-15-13-11-9-7-5-3-1-2-4-6-8-10-12-14-16-20-24(29)30/h21-22H,1-20H2,(H,26,28)(H,29,30)(H,31,32)/t22-/m0/s1. The zero-order valence-corrected chi connectivity index (χ0v) is 19.8.